The van der Waals surface area contributed by atoms with Crippen LogP contribution in [0.2, 0.25) is 0 Å². The fourth-order valence-corrected chi connectivity index (χ4v) is 2.74. The molecule has 0 fully saturated rings. The van der Waals surface area contributed by atoms with Crippen LogP contribution in [0.15, 0.2) is 18.6 Å². The van der Waals surface area contributed by atoms with Crippen LogP contribution in [0.25, 0.3) is 0 Å². The first kappa shape index (κ1) is 15.6. The van der Waals surface area contributed by atoms with E-state index >= 15 is 0 Å². The average molecular weight is 313 g/mol. The molecule has 1 amide bonds. The van der Waals surface area contributed by atoms with Crippen LogP contribution in [0.1, 0.15) is 50.6 Å². The summed E-state index contributed by atoms with van der Waals surface area (Å²) in [6.07, 6.45) is 6.29. The number of imidazole rings is 1. The van der Waals surface area contributed by atoms with Crippen molar-refractivity contribution in [2.75, 3.05) is 0 Å². The maximum Gasteiger partial charge on any atom is 0.243 e. The Morgan fingerprint density at radius 2 is 2.04 bits per heavy atom. The predicted molar refractivity (Wildman–Crippen MR) is 86.6 cm³/mol. The second-order valence-electron chi connectivity index (χ2n) is 6.99. The van der Waals surface area contributed by atoms with E-state index in [0.29, 0.717) is 19.6 Å². The summed E-state index contributed by atoms with van der Waals surface area (Å²) >= 11 is 0. The monoisotopic (exact) mass is 313 g/mol. The lowest BCUT2D eigenvalue weighted by molar-refractivity contribution is -0.132. The molecule has 6 nitrogen and oxygen atoms in total. The fraction of sp³-hybridized carbons (Fsp3) is 0.529. The number of carbonyl (C=O) groups excluding carboxylic acids is 1. The van der Waals surface area contributed by atoms with Crippen LogP contribution in [-0.2, 0) is 36.3 Å². The van der Waals surface area contributed by atoms with Crippen LogP contribution in [0, 0.1) is 0 Å². The molecule has 2 aromatic heterocycles. The van der Waals surface area contributed by atoms with Gasteiger partial charge in [-0.2, -0.15) is 0 Å². The molecule has 0 spiro atoms. The zero-order valence-electron chi connectivity index (χ0n) is 14.2. The highest BCUT2D eigenvalue weighted by Gasteiger charge is 2.27. The Bertz CT molecular complexity index is 729. The summed E-state index contributed by atoms with van der Waals surface area (Å²) in [5.74, 6) is 1.85. The van der Waals surface area contributed by atoms with Gasteiger partial charge >= 0.3 is 0 Å². The SMILES string of the molecule is CCc1nccn1CC(=O)N1Cc2cnc(C(C)(C)C)nc2C1. The third-order valence-electron chi connectivity index (χ3n) is 4.10. The van der Waals surface area contributed by atoms with Gasteiger partial charge in [0, 0.05) is 42.5 Å². The van der Waals surface area contributed by atoms with Crippen molar-refractivity contribution >= 4 is 5.91 Å². The number of aromatic nitrogens is 4. The van der Waals surface area contributed by atoms with Gasteiger partial charge in [-0.15, -0.1) is 0 Å². The van der Waals surface area contributed by atoms with Crippen molar-refractivity contribution in [1.29, 1.82) is 0 Å². The molecule has 0 radical (unpaired) electrons. The quantitative estimate of drug-likeness (QED) is 0.870. The molecule has 0 aliphatic carbocycles. The molecule has 122 valence electrons. The van der Waals surface area contributed by atoms with Gasteiger partial charge in [-0.3, -0.25) is 4.79 Å². The molecule has 3 heterocycles. The van der Waals surface area contributed by atoms with Crippen LogP contribution in [0.3, 0.4) is 0 Å². The van der Waals surface area contributed by atoms with Crippen LogP contribution < -0.4 is 0 Å². The Kier molecular flexibility index (Phi) is 3.92. The number of amides is 1. The third-order valence-corrected chi connectivity index (χ3v) is 4.10. The molecule has 0 saturated carbocycles. The summed E-state index contributed by atoms with van der Waals surface area (Å²) in [7, 11) is 0. The minimum absolute atomic E-state index is 0.0840. The topological polar surface area (TPSA) is 63.9 Å². The Hall–Kier alpha value is -2.24. The van der Waals surface area contributed by atoms with Crippen molar-refractivity contribution in [3.05, 3.63) is 41.5 Å². The van der Waals surface area contributed by atoms with Gasteiger partial charge in [-0.05, 0) is 0 Å². The maximum atomic E-state index is 12.6. The van der Waals surface area contributed by atoms with E-state index in [9.17, 15) is 4.79 Å². The lowest BCUT2D eigenvalue weighted by Crippen LogP contribution is -2.29. The van der Waals surface area contributed by atoms with Gasteiger partial charge < -0.3 is 9.47 Å². The van der Waals surface area contributed by atoms with Crippen molar-refractivity contribution in [3.8, 4) is 0 Å². The summed E-state index contributed by atoms with van der Waals surface area (Å²) in [6.45, 7) is 9.81. The molecule has 0 atom stereocenters. The van der Waals surface area contributed by atoms with Crippen LogP contribution in [0.4, 0.5) is 0 Å². The van der Waals surface area contributed by atoms with Crippen molar-refractivity contribution in [2.24, 2.45) is 0 Å². The highest BCUT2D eigenvalue weighted by Crippen LogP contribution is 2.24. The lowest BCUT2D eigenvalue weighted by atomic mass is 9.95. The standard InChI is InChI=1S/C17H23N5O/c1-5-14-18-6-7-21(14)11-15(23)22-9-12-8-19-16(17(2,3)4)20-13(12)10-22/h6-8H,5,9-11H2,1-4H3. The normalized spacial score (nSPS) is 14.2. The number of hydrogen-bond donors (Lipinski definition) is 0. The first-order valence-electron chi connectivity index (χ1n) is 8.01. The molecule has 0 unspecified atom stereocenters. The third kappa shape index (κ3) is 3.11. The zero-order chi connectivity index (χ0) is 16.6. The summed E-state index contributed by atoms with van der Waals surface area (Å²) in [5, 5.41) is 0. The van der Waals surface area contributed by atoms with Crippen molar-refractivity contribution in [3.63, 3.8) is 0 Å². The molecule has 1 aliphatic rings. The molecular formula is C17H23N5O. The summed E-state index contributed by atoms with van der Waals surface area (Å²) in [5.41, 5.74) is 1.94. The fourth-order valence-electron chi connectivity index (χ4n) is 2.74. The number of carbonyl (C=O) groups is 1. The van der Waals surface area contributed by atoms with E-state index in [4.69, 9.17) is 0 Å². The predicted octanol–water partition coefficient (Wildman–Crippen LogP) is 2.08. The molecule has 0 N–H and O–H groups in total. The zero-order valence-corrected chi connectivity index (χ0v) is 14.2. The number of fused-ring (bicyclic) bond motifs is 1. The molecule has 6 heteroatoms. The first-order valence-corrected chi connectivity index (χ1v) is 8.01. The van der Waals surface area contributed by atoms with Gasteiger partial charge in [0.15, 0.2) is 0 Å². The van der Waals surface area contributed by atoms with E-state index in [1.807, 2.05) is 28.8 Å². The van der Waals surface area contributed by atoms with Gasteiger partial charge in [-0.25, -0.2) is 15.0 Å². The molecule has 3 rings (SSSR count). The van der Waals surface area contributed by atoms with E-state index in [1.165, 1.54) is 0 Å². The highest BCUT2D eigenvalue weighted by molar-refractivity contribution is 5.76. The van der Waals surface area contributed by atoms with E-state index in [1.54, 1.807) is 6.20 Å². The molecular weight excluding hydrogens is 290 g/mol. The van der Waals surface area contributed by atoms with Gasteiger partial charge in [-0.1, -0.05) is 27.7 Å². The average Bonchev–Trinajstić information content (AvgIpc) is 3.11. The number of hydrogen-bond acceptors (Lipinski definition) is 4. The van der Waals surface area contributed by atoms with Gasteiger partial charge in [0.25, 0.3) is 0 Å². The second-order valence-corrected chi connectivity index (χ2v) is 6.99. The molecule has 1 aliphatic heterocycles. The van der Waals surface area contributed by atoms with Crippen molar-refractivity contribution in [2.45, 2.75) is 59.2 Å². The smallest absolute Gasteiger partial charge is 0.243 e. The molecule has 0 bridgehead atoms. The number of rotatable bonds is 3. The van der Waals surface area contributed by atoms with Gasteiger partial charge in [0.1, 0.15) is 18.2 Å². The Balaban J connectivity index is 1.73. The second kappa shape index (κ2) is 5.76. The van der Waals surface area contributed by atoms with Gasteiger partial charge in [0.2, 0.25) is 5.91 Å². The largest absolute Gasteiger partial charge is 0.331 e. The summed E-state index contributed by atoms with van der Waals surface area (Å²) < 4.78 is 1.91. The van der Waals surface area contributed by atoms with E-state index < -0.39 is 0 Å². The number of nitrogens with zero attached hydrogens (tertiary/aromatic N) is 5. The summed E-state index contributed by atoms with van der Waals surface area (Å²) in [6, 6.07) is 0. The molecule has 0 saturated heterocycles. The summed E-state index contributed by atoms with van der Waals surface area (Å²) in [4.78, 5) is 27.8. The highest BCUT2D eigenvalue weighted by atomic mass is 16.2. The van der Waals surface area contributed by atoms with Crippen LogP contribution in [0.5, 0.6) is 0 Å². The van der Waals surface area contributed by atoms with E-state index in [-0.39, 0.29) is 11.3 Å². The Morgan fingerprint density at radius 1 is 1.26 bits per heavy atom. The van der Waals surface area contributed by atoms with E-state index in [2.05, 4.69) is 35.7 Å². The first-order chi connectivity index (χ1) is 10.9. The maximum absolute atomic E-state index is 12.6. The van der Waals surface area contributed by atoms with Gasteiger partial charge in [0.05, 0.1) is 12.2 Å². The minimum atomic E-state index is -0.0840. The van der Waals surface area contributed by atoms with Crippen molar-refractivity contribution < 1.29 is 4.79 Å². The number of aryl methyl sites for hydroxylation is 1. The Morgan fingerprint density at radius 3 is 2.74 bits per heavy atom. The Labute approximate surface area is 136 Å². The molecule has 2 aromatic rings. The minimum Gasteiger partial charge on any atom is -0.331 e. The van der Waals surface area contributed by atoms with Crippen LogP contribution in [-0.4, -0.2) is 30.3 Å². The van der Waals surface area contributed by atoms with Crippen molar-refractivity contribution in [1.82, 2.24) is 24.4 Å². The van der Waals surface area contributed by atoms with Crippen LogP contribution >= 0.6 is 0 Å². The lowest BCUT2D eigenvalue weighted by Gasteiger charge is -2.17. The molecule has 23 heavy (non-hydrogen) atoms. The van der Waals surface area contributed by atoms with E-state index in [0.717, 1.165) is 29.3 Å². The molecule has 0 aromatic carbocycles.